The topological polar surface area (TPSA) is 59.9 Å². The van der Waals surface area contributed by atoms with Crippen LogP contribution < -0.4 is 14.9 Å². The first kappa shape index (κ1) is 23.1. The van der Waals surface area contributed by atoms with Gasteiger partial charge in [0, 0.05) is 5.02 Å². The number of nitrogens with zero attached hydrogens (tertiary/aromatic N) is 1. The summed E-state index contributed by atoms with van der Waals surface area (Å²) in [6.45, 7) is 2.45. The first-order valence-corrected chi connectivity index (χ1v) is 10.8. The van der Waals surface area contributed by atoms with Gasteiger partial charge in [-0.25, -0.2) is 5.43 Å². The van der Waals surface area contributed by atoms with Crippen LogP contribution in [0.3, 0.4) is 0 Å². The van der Waals surface area contributed by atoms with Crippen LogP contribution in [0.15, 0.2) is 64.2 Å². The Morgan fingerprint density at radius 1 is 1.16 bits per heavy atom. The predicted molar refractivity (Wildman–Crippen MR) is 128 cm³/mol. The molecule has 0 aliphatic heterocycles. The number of methoxy groups -OCH3 is 1. The molecular weight excluding hydrogens is 503 g/mol. The number of carbonyl (C=O) groups excluding carboxylic acids is 1. The lowest BCUT2D eigenvalue weighted by Gasteiger charge is -2.14. The van der Waals surface area contributed by atoms with Crippen molar-refractivity contribution in [1.29, 1.82) is 0 Å². The van der Waals surface area contributed by atoms with Gasteiger partial charge in [-0.1, -0.05) is 47.5 Å². The second kappa shape index (κ2) is 10.7. The smallest absolute Gasteiger partial charge is 0.272 e. The number of hydrogen-bond donors (Lipinski definition) is 1. The van der Waals surface area contributed by atoms with E-state index in [9.17, 15) is 4.79 Å². The van der Waals surface area contributed by atoms with Crippen molar-refractivity contribution in [1.82, 2.24) is 5.43 Å². The molecule has 0 fully saturated rings. The summed E-state index contributed by atoms with van der Waals surface area (Å²) in [4.78, 5) is 12.3. The summed E-state index contributed by atoms with van der Waals surface area (Å²) in [5.74, 6) is 0.679. The van der Waals surface area contributed by atoms with Crippen LogP contribution in [0, 0.1) is 6.92 Å². The second-order valence-electron chi connectivity index (χ2n) is 6.57. The van der Waals surface area contributed by atoms with E-state index in [2.05, 4.69) is 26.5 Å². The van der Waals surface area contributed by atoms with Crippen LogP contribution in [0.4, 0.5) is 0 Å². The Morgan fingerprint density at radius 2 is 1.94 bits per heavy atom. The minimum Gasteiger partial charge on any atom is -0.493 e. The lowest BCUT2D eigenvalue weighted by Crippen LogP contribution is -2.18. The van der Waals surface area contributed by atoms with Gasteiger partial charge in [0.25, 0.3) is 5.91 Å². The van der Waals surface area contributed by atoms with Crippen LogP contribution in [-0.2, 0) is 6.61 Å². The van der Waals surface area contributed by atoms with Crippen LogP contribution in [0.5, 0.6) is 11.5 Å². The van der Waals surface area contributed by atoms with Gasteiger partial charge >= 0.3 is 0 Å². The minimum absolute atomic E-state index is 0.250. The van der Waals surface area contributed by atoms with E-state index in [0.717, 1.165) is 11.1 Å². The predicted octanol–water partition coefficient (Wildman–Crippen LogP) is 6.42. The molecule has 8 heteroatoms. The molecular formula is C23H19BrCl2N2O3. The molecule has 31 heavy (non-hydrogen) atoms. The molecule has 5 nitrogen and oxygen atoms in total. The molecule has 0 unspecified atom stereocenters. The van der Waals surface area contributed by atoms with Crippen molar-refractivity contribution in [3.8, 4) is 11.5 Å². The van der Waals surface area contributed by atoms with Crippen molar-refractivity contribution in [2.75, 3.05) is 7.11 Å². The fraction of sp³-hybridized carbons (Fsp3) is 0.130. The van der Waals surface area contributed by atoms with Crippen LogP contribution in [0.2, 0.25) is 10.0 Å². The van der Waals surface area contributed by atoms with E-state index in [-0.39, 0.29) is 10.6 Å². The highest BCUT2D eigenvalue weighted by atomic mass is 79.9. The molecule has 0 aromatic heterocycles. The molecule has 1 amide bonds. The molecule has 160 valence electrons. The zero-order valence-corrected chi connectivity index (χ0v) is 19.9. The fourth-order valence-electron chi connectivity index (χ4n) is 2.78. The van der Waals surface area contributed by atoms with Gasteiger partial charge in [-0.2, -0.15) is 5.10 Å². The van der Waals surface area contributed by atoms with E-state index in [1.165, 1.54) is 18.3 Å². The molecule has 0 radical (unpaired) electrons. The summed E-state index contributed by atoms with van der Waals surface area (Å²) < 4.78 is 12.2. The molecule has 0 aliphatic carbocycles. The Balaban J connectivity index is 1.71. The minimum atomic E-state index is -0.442. The van der Waals surface area contributed by atoms with Gasteiger partial charge in [-0.3, -0.25) is 4.79 Å². The molecule has 3 aromatic carbocycles. The number of benzene rings is 3. The SMILES string of the molecule is COc1cc(/C=N\NC(=O)c2ccc(Cl)cc2Cl)cc(Br)c1OCc1ccccc1C. The van der Waals surface area contributed by atoms with Gasteiger partial charge in [0.2, 0.25) is 0 Å². The van der Waals surface area contributed by atoms with Crippen molar-refractivity contribution in [3.63, 3.8) is 0 Å². The number of ether oxygens (including phenoxy) is 2. The normalized spacial score (nSPS) is 10.9. The largest absolute Gasteiger partial charge is 0.493 e. The quantitative estimate of drug-likeness (QED) is 0.288. The van der Waals surface area contributed by atoms with Gasteiger partial charge in [-0.15, -0.1) is 0 Å². The van der Waals surface area contributed by atoms with Gasteiger partial charge in [0.1, 0.15) is 6.61 Å². The lowest BCUT2D eigenvalue weighted by molar-refractivity contribution is 0.0955. The first-order chi connectivity index (χ1) is 14.9. The molecule has 0 saturated heterocycles. The highest BCUT2D eigenvalue weighted by molar-refractivity contribution is 9.10. The van der Waals surface area contributed by atoms with Gasteiger partial charge in [0.05, 0.1) is 28.4 Å². The Morgan fingerprint density at radius 3 is 2.65 bits per heavy atom. The number of hydrogen-bond acceptors (Lipinski definition) is 4. The van der Waals surface area contributed by atoms with Crippen LogP contribution in [-0.4, -0.2) is 19.2 Å². The van der Waals surface area contributed by atoms with Crippen LogP contribution >= 0.6 is 39.1 Å². The zero-order chi connectivity index (χ0) is 22.4. The van der Waals surface area contributed by atoms with E-state index in [4.69, 9.17) is 32.7 Å². The number of aryl methyl sites for hydroxylation is 1. The number of amides is 1. The summed E-state index contributed by atoms with van der Waals surface area (Å²) in [6, 6.07) is 16.2. The second-order valence-corrected chi connectivity index (χ2v) is 8.27. The van der Waals surface area contributed by atoms with Crippen molar-refractivity contribution in [2.45, 2.75) is 13.5 Å². The number of halogens is 3. The molecule has 0 saturated carbocycles. The number of carbonyl (C=O) groups is 1. The Labute approximate surface area is 199 Å². The maximum absolute atomic E-state index is 12.3. The summed E-state index contributed by atoms with van der Waals surface area (Å²) in [5, 5.41) is 4.70. The van der Waals surface area contributed by atoms with E-state index >= 15 is 0 Å². The molecule has 0 bridgehead atoms. The lowest BCUT2D eigenvalue weighted by atomic mass is 10.1. The molecule has 0 aliphatic rings. The summed E-state index contributed by atoms with van der Waals surface area (Å²) in [7, 11) is 1.56. The maximum Gasteiger partial charge on any atom is 0.272 e. The Kier molecular flexibility index (Phi) is 7.96. The zero-order valence-electron chi connectivity index (χ0n) is 16.8. The Hall–Kier alpha value is -2.54. The third-order valence-corrected chi connectivity index (χ3v) is 5.58. The standard InChI is InChI=1S/C23H19BrCl2N2O3/c1-14-5-3-4-6-16(14)13-31-22-19(24)9-15(10-21(22)30-2)12-27-28-23(29)18-8-7-17(25)11-20(18)26/h3-12H,13H2,1-2H3,(H,28,29)/b27-12-. The molecule has 1 N–H and O–H groups in total. The average Bonchev–Trinajstić information content (AvgIpc) is 2.73. The highest BCUT2D eigenvalue weighted by Gasteiger charge is 2.13. The van der Waals surface area contributed by atoms with E-state index in [1.807, 2.05) is 37.3 Å². The summed E-state index contributed by atoms with van der Waals surface area (Å²) in [5.41, 5.74) is 5.67. The molecule has 3 rings (SSSR count). The van der Waals surface area contributed by atoms with Gasteiger partial charge in [-0.05, 0) is 69.9 Å². The maximum atomic E-state index is 12.3. The summed E-state index contributed by atoms with van der Waals surface area (Å²) in [6.07, 6.45) is 1.50. The Bertz CT molecular complexity index is 1140. The van der Waals surface area contributed by atoms with Crippen molar-refractivity contribution in [3.05, 3.63) is 91.4 Å². The molecule has 0 spiro atoms. The molecule has 3 aromatic rings. The van der Waals surface area contributed by atoms with Crippen LogP contribution in [0.1, 0.15) is 27.0 Å². The third-order valence-electron chi connectivity index (χ3n) is 4.44. The highest BCUT2D eigenvalue weighted by Crippen LogP contribution is 2.37. The van der Waals surface area contributed by atoms with Crippen LogP contribution in [0.25, 0.3) is 0 Å². The van der Waals surface area contributed by atoms with E-state index in [1.54, 1.807) is 19.2 Å². The van der Waals surface area contributed by atoms with Gasteiger partial charge < -0.3 is 9.47 Å². The van der Waals surface area contributed by atoms with Crippen molar-refractivity contribution in [2.24, 2.45) is 5.10 Å². The molecule has 0 heterocycles. The van der Waals surface area contributed by atoms with Crippen molar-refractivity contribution >= 4 is 51.3 Å². The molecule has 0 atom stereocenters. The fourth-order valence-corrected chi connectivity index (χ4v) is 3.84. The summed E-state index contributed by atoms with van der Waals surface area (Å²) >= 11 is 15.4. The monoisotopic (exact) mass is 520 g/mol. The first-order valence-electron chi connectivity index (χ1n) is 9.22. The van der Waals surface area contributed by atoms with E-state index < -0.39 is 5.91 Å². The average molecular weight is 522 g/mol. The number of hydrazone groups is 1. The number of nitrogens with one attached hydrogen (secondary N) is 1. The third kappa shape index (κ3) is 6.00. The number of rotatable bonds is 7. The van der Waals surface area contributed by atoms with Crippen molar-refractivity contribution < 1.29 is 14.3 Å². The van der Waals surface area contributed by atoms with Gasteiger partial charge in [0.15, 0.2) is 11.5 Å². The van der Waals surface area contributed by atoms with E-state index in [0.29, 0.717) is 33.2 Å².